The van der Waals surface area contributed by atoms with Crippen LogP contribution in [0.1, 0.15) is 42.6 Å². The van der Waals surface area contributed by atoms with E-state index in [0.717, 1.165) is 19.2 Å². The maximum Gasteiger partial charge on any atom is 0.357 e. The van der Waals surface area contributed by atoms with E-state index < -0.39 is 17.4 Å². The third-order valence-electron chi connectivity index (χ3n) is 3.92. The average molecular weight is 282 g/mol. The molecule has 1 aliphatic heterocycles. The van der Waals surface area contributed by atoms with Crippen molar-refractivity contribution in [2.75, 3.05) is 13.1 Å². The summed E-state index contributed by atoms with van der Waals surface area (Å²) in [6.45, 7) is 3.41. The number of carboxylic acids is 2. The highest BCUT2D eigenvalue weighted by molar-refractivity contribution is 5.84. The molecule has 0 saturated carbocycles. The van der Waals surface area contributed by atoms with Gasteiger partial charge in [-0.05, 0) is 25.8 Å². The van der Waals surface area contributed by atoms with Crippen molar-refractivity contribution in [2.45, 2.75) is 32.7 Å². The van der Waals surface area contributed by atoms with Crippen molar-refractivity contribution < 1.29 is 24.2 Å². The van der Waals surface area contributed by atoms with Crippen LogP contribution in [0.2, 0.25) is 0 Å². The predicted octanol–water partition coefficient (Wildman–Crippen LogP) is 1.45. The number of aromatic nitrogens is 1. The van der Waals surface area contributed by atoms with E-state index in [9.17, 15) is 14.7 Å². The summed E-state index contributed by atoms with van der Waals surface area (Å²) in [4.78, 5) is 28.0. The Morgan fingerprint density at radius 3 is 2.80 bits per heavy atom. The van der Waals surface area contributed by atoms with Gasteiger partial charge in [-0.1, -0.05) is 6.92 Å². The molecule has 0 amide bonds. The first-order valence-corrected chi connectivity index (χ1v) is 6.60. The van der Waals surface area contributed by atoms with Crippen molar-refractivity contribution in [3.8, 4) is 0 Å². The zero-order chi connectivity index (χ0) is 14.8. The van der Waals surface area contributed by atoms with Gasteiger partial charge in [0, 0.05) is 6.54 Å². The van der Waals surface area contributed by atoms with Crippen LogP contribution in [-0.4, -0.2) is 45.1 Å². The average Bonchev–Trinajstić information content (AvgIpc) is 2.87. The molecule has 1 fully saturated rings. The second-order valence-electron chi connectivity index (χ2n) is 5.18. The first kappa shape index (κ1) is 14.5. The first-order chi connectivity index (χ1) is 9.47. The highest BCUT2D eigenvalue weighted by atomic mass is 16.4. The van der Waals surface area contributed by atoms with E-state index in [1.165, 1.54) is 0 Å². The summed E-state index contributed by atoms with van der Waals surface area (Å²) in [6, 6.07) is 0. The Hall–Kier alpha value is -1.89. The number of aliphatic carboxylic acids is 1. The molecule has 7 nitrogen and oxygen atoms in total. The van der Waals surface area contributed by atoms with Gasteiger partial charge in [-0.3, -0.25) is 9.69 Å². The molecule has 0 unspecified atom stereocenters. The molecule has 1 aromatic heterocycles. The molecule has 1 saturated heterocycles. The maximum absolute atomic E-state index is 11.5. The van der Waals surface area contributed by atoms with Gasteiger partial charge in [0.2, 0.25) is 5.89 Å². The van der Waals surface area contributed by atoms with E-state index in [4.69, 9.17) is 9.52 Å². The number of hydrogen-bond acceptors (Lipinski definition) is 5. The molecule has 2 heterocycles. The Kier molecular flexibility index (Phi) is 4.08. The van der Waals surface area contributed by atoms with Crippen molar-refractivity contribution in [1.29, 1.82) is 0 Å². The van der Waals surface area contributed by atoms with Gasteiger partial charge in [0.25, 0.3) is 0 Å². The highest BCUT2D eigenvalue weighted by Crippen LogP contribution is 2.34. The predicted molar refractivity (Wildman–Crippen MR) is 68.3 cm³/mol. The number of oxazole rings is 1. The van der Waals surface area contributed by atoms with Gasteiger partial charge in [0.15, 0.2) is 5.69 Å². The SMILES string of the molecule is CC[C@]1(C(=O)O)CCCN(Cc2nc(C(=O)O)co2)C1. The van der Waals surface area contributed by atoms with E-state index in [2.05, 4.69) is 4.98 Å². The largest absolute Gasteiger partial charge is 0.481 e. The Labute approximate surface area is 116 Å². The third kappa shape index (κ3) is 2.82. The Balaban J connectivity index is 2.05. The van der Waals surface area contributed by atoms with Gasteiger partial charge in [-0.2, -0.15) is 0 Å². The molecule has 1 aliphatic rings. The minimum absolute atomic E-state index is 0.128. The van der Waals surface area contributed by atoms with E-state index in [-0.39, 0.29) is 5.69 Å². The Bertz CT molecular complexity index is 513. The van der Waals surface area contributed by atoms with E-state index in [1.54, 1.807) is 0 Å². The van der Waals surface area contributed by atoms with Crippen molar-refractivity contribution in [3.63, 3.8) is 0 Å². The highest BCUT2D eigenvalue weighted by Gasteiger charge is 2.40. The molecule has 0 aliphatic carbocycles. The number of rotatable bonds is 5. The fourth-order valence-corrected chi connectivity index (χ4v) is 2.65. The van der Waals surface area contributed by atoms with Crippen molar-refractivity contribution in [2.24, 2.45) is 5.41 Å². The van der Waals surface area contributed by atoms with Crippen molar-refractivity contribution in [3.05, 3.63) is 17.8 Å². The number of carboxylic acid groups (broad SMARTS) is 2. The number of nitrogens with zero attached hydrogens (tertiary/aromatic N) is 2. The molecule has 2 N–H and O–H groups in total. The smallest absolute Gasteiger partial charge is 0.357 e. The van der Waals surface area contributed by atoms with Crippen LogP contribution in [0, 0.1) is 5.41 Å². The summed E-state index contributed by atoms with van der Waals surface area (Å²) in [5, 5.41) is 18.2. The minimum atomic E-state index is -1.13. The normalized spacial score (nSPS) is 23.6. The molecule has 7 heteroatoms. The molecular formula is C13H18N2O5. The molecular weight excluding hydrogens is 264 g/mol. The summed E-state index contributed by atoms with van der Waals surface area (Å²) in [6.07, 6.45) is 3.14. The van der Waals surface area contributed by atoms with Gasteiger partial charge >= 0.3 is 11.9 Å². The van der Waals surface area contributed by atoms with Crippen LogP contribution < -0.4 is 0 Å². The molecule has 2 rings (SSSR count). The monoisotopic (exact) mass is 282 g/mol. The summed E-state index contributed by atoms with van der Waals surface area (Å²) in [5.74, 6) is -1.60. The summed E-state index contributed by atoms with van der Waals surface area (Å²) in [5.41, 5.74) is -0.850. The van der Waals surface area contributed by atoms with Gasteiger partial charge < -0.3 is 14.6 Å². The lowest BCUT2D eigenvalue weighted by atomic mass is 9.77. The minimum Gasteiger partial charge on any atom is -0.481 e. The summed E-state index contributed by atoms with van der Waals surface area (Å²) in [7, 11) is 0. The zero-order valence-corrected chi connectivity index (χ0v) is 11.3. The van der Waals surface area contributed by atoms with Crippen LogP contribution >= 0.6 is 0 Å². The van der Waals surface area contributed by atoms with E-state index >= 15 is 0 Å². The molecule has 0 aromatic carbocycles. The second-order valence-corrected chi connectivity index (χ2v) is 5.18. The molecule has 0 spiro atoms. The fraction of sp³-hybridized carbons (Fsp3) is 0.615. The molecule has 0 bridgehead atoms. The molecule has 110 valence electrons. The van der Waals surface area contributed by atoms with Crippen LogP contribution in [0.25, 0.3) is 0 Å². The second kappa shape index (κ2) is 5.62. The van der Waals surface area contributed by atoms with Crippen LogP contribution in [-0.2, 0) is 11.3 Å². The van der Waals surface area contributed by atoms with Crippen molar-refractivity contribution in [1.82, 2.24) is 9.88 Å². The first-order valence-electron chi connectivity index (χ1n) is 6.60. The fourth-order valence-electron chi connectivity index (χ4n) is 2.65. The lowest BCUT2D eigenvalue weighted by Gasteiger charge is -2.38. The van der Waals surface area contributed by atoms with Crippen LogP contribution in [0.5, 0.6) is 0 Å². The summed E-state index contributed by atoms with van der Waals surface area (Å²) < 4.78 is 5.11. The number of likely N-dealkylation sites (tertiary alicyclic amines) is 1. The topological polar surface area (TPSA) is 104 Å². The van der Waals surface area contributed by atoms with Gasteiger partial charge in [-0.15, -0.1) is 0 Å². The van der Waals surface area contributed by atoms with E-state index in [1.807, 2.05) is 11.8 Å². The van der Waals surface area contributed by atoms with Crippen LogP contribution in [0.15, 0.2) is 10.7 Å². The number of aromatic carboxylic acids is 1. The molecule has 1 atom stereocenters. The number of piperidine rings is 1. The molecule has 20 heavy (non-hydrogen) atoms. The lowest BCUT2D eigenvalue weighted by molar-refractivity contribution is -0.153. The molecule has 1 aromatic rings. The third-order valence-corrected chi connectivity index (χ3v) is 3.92. The number of carbonyl (C=O) groups is 2. The molecule has 0 radical (unpaired) electrons. The van der Waals surface area contributed by atoms with Crippen LogP contribution in [0.4, 0.5) is 0 Å². The lowest BCUT2D eigenvalue weighted by Crippen LogP contribution is -2.47. The van der Waals surface area contributed by atoms with Gasteiger partial charge in [-0.25, -0.2) is 9.78 Å². The standard InChI is InChI=1S/C13H18N2O5/c1-2-13(12(18)19)4-3-5-15(8-13)6-10-14-9(7-20-10)11(16)17/h7H,2-6,8H2,1H3,(H,16,17)(H,18,19)/t13-/m0/s1. The Morgan fingerprint density at radius 1 is 1.50 bits per heavy atom. The zero-order valence-electron chi connectivity index (χ0n) is 11.3. The number of hydrogen-bond donors (Lipinski definition) is 2. The van der Waals surface area contributed by atoms with Gasteiger partial charge in [0.1, 0.15) is 6.26 Å². The quantitative estimate of drug-likeness (QED) is 0.842. The summed E-state index contributed by atoms with van der Waals surface area (Å²) >= 11 is 0. The maximum atomic E-state index is 11.5. The van der Waals surface area contributed by atoms with E-state index in [0.29, 0.717) is 31.8 Å². The Morgan fingerprint density at radius 2 is 2.25 bits per heavy atom. The van der Waals surface area contributed by atoms with Crippen LogP contribution in [0.3, 0.4) is 0 Å². The van der Waals surface area contributed by atoms with Gasteiger partial charge in [0.05, 0.1) is 12.0 Å². The van der Waals surface area contributed by atoms with Crippen molar-refractivity contribution >= 4 is 11.9 Å².